The van der Waals surface area contributed by atoms with E-state index >= 15 is 0 Å². The average molecular weight is 348 g/mol. The van der Waals surface area contributed by atoms with Gasteiger partial charge >= 0.3 is 0 Å². The monoisotopic (exact) mass is 347 g/mol. The quantitative estimate of drug-likeness (QED) is 0.893. The molecular formula is C19H26ClN3O. The third-order valence-electron chi connectivity index (χ3n) is 4.63. The van der Waals surface area contributed by atoms with Crippen LogP contribution >= 0.6 is 12.4 Å². The SMILES string of the molecule is Cc1cc(C(=O)N[C@H]2CCCNC2)c(C)n1Cc1ccccc1.Cl. The zero-order valence-corrected chi connectivity index (χ0v) is 15.2. The molecule has 1 aromatic heterocycles. The van der Waals surface area contributed by atoms with Crippen LogP contribution in [0, 0.1) is 13.8 Å². The Kier molecular flexibility index (Phi) is 6.46. The average Bonchev–Trinajstić information content (AvgIpc) is 2.85. The molecule has 4 nitrogen and oxygen atoms in total. The first-order valence-corrected chi connectivity index (χ1v) is 8.37. The maximum atomic E-state index is 12.6. The highest BCUT2D eigenvalue weighted by Gasteiger charge is 2.20. The predicted molar refractivity (Wildman–Crippen MR) is 100 cm³/mol. The molecule has 0 bridgehead atoms. The van der Waals surface area contributed by atoms with Crippen molar-refractivity contribution in [2.75, 3.05) is 13.1 Å². The number of nitrogens with one attached hydrogen (secondary N) is 2. The Balaban J connectivity index is 0.00000208. The van der Waals surface area contributed by atoms with E-state index in [1.807, 2.05) is 31.2 Å². The maximum absolute atomic E-state index is 12.6. The van der Waals surface area contributed by atoms with E-state index < -0.39 is 0 Å². The fraction of sp³-hybridized carbons (Fsp3) is 0.421. The number of halogens is 1. The summed E-state index contributed by atoms with van der Waals surface area (Å²) < 4.78 is 2.21. The normalized spacial score (nSPS) is 17.2. The Morgan fingerprint density at radius 3 is 2.71 bits per heavy atom. The highest BCUT2D eigenvalue weighted by Crippen LogP contribution is 2.17. The summed E-state index contributed by atoms with van der Waals surface area (Å²) >= 11 is 0. The number of carbonyl (C=O) groups is 1. The second-order valence-electron chi connectivity index (χ2n) is 6.37. The van der Waals surface area contributed by atoms with Gasteiger partial charge in [0.15, 0.2) is 0 Å². The topological polar surface area (TPSA) is 46.1 Å². The zero-order valence-electron chi connectivity index (χ0n) is 14.3. The van der Waals surface area contributed by atoms with E-state index in [4.69, 9.17) is 0 Å². The number of aryl methyl sites for hydroxylation is 1. The number of hydrogen-bond donors (Lipinski definition) is 2. The van der Waals surface area contributed by atoms with Crippen LogP contribution in [-0.4, -0.2) is 29.6 Å². The lowest BCUT2D eigenvalue weighted by Crippen LogP contribution is -2.45. The summed E-state index contributed by atoms with van der Waals surface area (Å²) in [6, 6.07) is 12.6. The molecule has 1 saturated heterocycles. The third kappa shape index (κ3) is 4.19. The van der Waals surface area contributed by atoms with E-state index in [1.165, 1.54) is 5.56 Å². The van der Waals surface area contributed by atoms with Gasteiger partial charge in [-0.1, -0.05) is 30.3 Å². The number of nitrogens with zero attached hydrogens (tertiary/aromatic N) is 1. The van der Waals surface area contributed by atoms with Gasteiger partial charge in [0, 0.05) is 30.5 Å². The maximum Gasteiger partial charge on any atom is 0.253 e. The van der Waals surface area contributed by atoms with Gasteiger partial charge in [-0.05, 0) is 44.9 Å². The van der Waals surface area contributed by atoms with Gasteiger partial charge in [-0.3, -0.25) is 4.79 Å². The fourth-order valence-corrected chi connectivity index (χ4v) is 3.28. The van der Waals surface area contributed by atoms with Crippen molar-refractivity contribution < 1.29 is 4.79 Å². The smallest absolute Gasteiger partial charge is 0.253 e. The van der Waals surface area contributed by atoms with Crippen LogP contribution in [0.15, 0.2) is 36.4 Å². The van der Waals surface area contributed by atoms with E-state index in [1.54, 1.807) is 0 Å². The largest absolute Gasteiger partial charge is 0.348 e. The van der Waals surface area contributed by atoms with Crippen molar-refractivity contribution in [1.29, 1.82) is 0 Å². The van der Waals surface area contributed by atoms with E-state index in [9.17, 15) is 4.79 Å². The molecule has 2 N–H and O–H groups in total. The molecule has 1 fully saturated rings. The summed E-state index contributed by atoms with van der Waals surface area (Å²) in [5.41, 5.74) is 4.20. The number of aromatic nitrogens is 1. The Labute approximate surface area is 150 Å². The Bertz CT molecular complexity index is 675. The van der Waals surface area contributed by atoms with Gasteiger partial charge in [-0.2, -0.15) is 0 Å². The standard InChI is InChI=1S/C19H25N3O.ClH/c1-14-11-18(19(23)21-17-9-6-10-20-12-17)15(2)22(14)13-16-7-4-3-5-8-16;/h3-5,7-8,11,17,20H,6,9-10,12-13H2,1-2H3,(H,21,23);1H/t17-;/m0./s1. The van der Waals surface area contributed by atoms with Crippen LogP contribution in [0.25, 0.3) is 0 Å². The molecule has 5 heteroatoms. The molecule has 2 aromatic rings. The highest BCUT2D eigenvalue weighted by atomic mass is 35.5. The van der Waals surface area contributed by atoms with Gasteiger partial charge in [0.2, 0.25) is 0 Å². The molecule has 1 aliphatic rings. The summed E-state index contributed by atoms with van der Waals surface area (Å²) in [6.45, 7) is 6.82. The number of rotatable bonds is 4. The molecule has 1 atom stereocenters. The molecule has 0 spiro atoms. The van der Waals surface area contributed by atoms with E-state index in [2.05, 4.69) is 34.3 Å². The molecule has 130 valence electrons. The zero-order chi connectivity index (χ0) is 16.2. The first kappa shape index (κ1) is 18.6. The fourth-order valence-electron chi connectivity index (χ4n) is 3.28. The number of piperidine rings is 1. The minimum absolute atomic E-state index is 0. The van der Waals surface area contributed by atoms with Crippen LogP contribution in [0.3, 0.4) is 0 Å². The summed E-state index contributed by atoms with van der Waals surface area (Å²) in [6.07, 6.45) is 2.18. The van der Waals surface area contributed by atoms with E-state index in [-0.39, 0.29) is 24.4 Å². The summed E-state index contributed by atoms with van der Waals surface area (Å²) in [4.78, 5) is 12.6. The van der Waals surface area contributed by atoms with Crippen LogP contribution in [0.4, 0.5) is 0 Å². The van der Waals surface area contributed by atoms with Gasteiger partial charge in [0.1, 0.15) is 0 Å². The number of amides is 1. The van der Waals surface area contributed by atoms with Crippen molar-refractivity contribution >= 4 is 18.3 Å². The van der Waals surface area contributed by atoms with Crippen molar-refractivity contribution in [1.82, 2.24) is 15.2 Å². The van der Waals surface area contributed by atoms with Gasteiger partial charge < -0.3 is 15.2 Å². The minimum Gasteiger partial charge on any atom is -0.348 e. The highest BCUT2D eigenvalue weighted by molar-refractivity contribution is 5.95. The molecule has 0 unspecified atom stereocenters. The first-order chi connectivity index (χ1) is 11.1. The molecule has 1 amide bonds. The van der Waals surface area contributed by atoms with Crippen LogP contribution in [0.5, 0.6) is 0 Å². The van der Waals surface area contributed by atoms with Crippen LogP contribution < -0.4 is 10.6 Å². The van der Waals surface area contributed by atoms with Gasteiger partial charge in [0.25, 0.3) is 5.91 Å². The molecule has 2 heterocycles. The molecule has 0 aliphatic carbocycles. The van der Waals surface area contributed by atoms with E-state index in [0.717, 1.165) is 49.4 Å². The third-order valence-corrected chi connectivity index (χ3v) is 4.63. The first-order valence-electron chi connectivity index (χ1n) is 8.37. The predicted octanol–water partition coefficient (Wildman–Crippen LogP) is 3.06. The van der Waals surface area contributed by atoms with Crippen LogP contribution in [0.2, 0.25) is 0 Å². The van der Waals surface area contributed by atoms with Crippen molar-refractivity contribution in [2.24, 2.45) is 0 Å². The Morgan fingerprint density at radius 2 is 2.04 bits per heavy atom. The molecule has 0 saturated carbocycles. The molecule has 24 heavy (non-hydrogen) atoms. The Hall–Kier alpha value is -1.78. The molecule has 3 rings (SSSR count). The van der Waals surface area contributed by atoms with Gasteiger partial charge in [-0.15, -0.1) is 12.4 Å². The molecule has 1 aromatic carbocycles. The van der Waals surface area contributed by atoms with Crippen LogP contribution in [0.1, 0.15) is 40.2 Å². The lowest BCUT2D eigenvalue weighted by molar-refractivity contribution is 0.0930. The van der Waals surface area contributed by atoms with Crippen molar-refractivity contribution in [3.8, 4) is 0 Å². The summed E-state index contributed by atoms with van der Waals surface area (Å²) in [5.74, 6) is 0.0473. The van der Waals surface area contributed by atoms with E-state index in [0.29, 0.717) is 0 Å². The van der Waals surface area contributed by atoms with Crippen molar-refractivity contribution in [3.05, 3.63) is 58.9 Å². The number of carbonyl (C=O) groups excluding carboxylic acids is 1. The van der Waals surface area contributed by atoms with Crippen molar-refractivity contribution in [3.63, 3.8) is 0 Å². The van der Waals surface area contributed by atoms with Crippen LogP contribution in [-0.2, 0) is 6.54 Å². The van der Waals surface area contributed by atoms with Crippen molar-refractivity contribution in [2.45, 2.75) is 39.3 Å². The molecule has 1 aliphatic heterocycles. The van der Waals surface area contributed by atoms with Gasteiger partial charge in [0.05, 0.1) is 5.56 Å². The summed E-state index contributed by atoms with van der Waals surface area (Å²) in [7, 11) is 0. The van der Waals surface area contributed by atoms with Gasteiger partial charge in [-0.25, -0.2) is 0 Å². The molecule has 0 radical (unpaired) electrons. The second kappa shape index (κ2) is 8.36. The number of hydrogen-bond acceptors (Lipinski definition) is 2. The summed E-state index contributed by atoms with van der Waals surface area (Å²) in [5, 5.41) is 6.50. The second-order valence-corrected chi connectivity index (χ2v) is 6.37. The minimum atomic E-state index is 0. The Morgan fingerprint density at radius 1 is 1.29 bits per heavy atom. The molecular weight excluding hydrogens is 322 g/mol. The lowest BCUT2D eigenvalue weighted by Gasteiger charge is -2.23. The lowest BCUT2D eigenvalue weighted by atomic mass is 10.1. The number of benzene rings is 1.